The zero-order valence-corrected chi connectivity index (χ0v) is 13.2. The number of hydrogen-bond acceptors (Lipinski definition) is 2. The van der Waals surface area contributed by atoms with E-state index in [0.29, 0.717) is 29.0 Å². The number of halogens is 1. The van der Waals surface area contributed by atoms with Crippen LogP contribution in [0.2, 0.25) is 0 Å². The van der Waals surface area contributed by atoms with Crippen molar-refractivity contribution < 1.29 is 19.0 Å². The van der Waals surface area contributed by atoms with Gasteiger partial charge in [0.25, 0.3) is 0 Å². The summed E-state index contributed by atoms with van der Waals surface area (Å²) >= 11 is 0. The lowest BCUT2D eigenvalue weighted by Crippen LogP contribution is -2.02. The molecule has 0 heterocycles. The molecular formula is C19H19FO3. The first-order valence-corrected chi connectivity index (χ1v) is 7.46. The molecule has 0 bridgehead atoms. The van der Waals surface area contributed by atoms with Crippen LogP contribution in [0, 0.1) is 12.7 Å². The Morgan fingerprint density at radius 1 is 1.26 bits per heavy atom. The average Bonchev–Trinajstić information content (AvgIpc) is 2.54. The average molecular weight is 314 g/mol. The first-order valence-electron chi connectivity index (χ1n) is 7.46. The predicted octanol–water partition coefficient (Wildman–Crippen LogP) is 4.55. The van der Waals surface area contributed by atoms with E-state index in [1.165, 1.54) is 12.1 Å². The van der Waals surface area contributed by atoms with Gasteiger partial charge in [-0.05, 0) is 42.7 Å². The topological polar surface area (TPSA) is 46.5 Å². The zero-order valence-electron chi connectivity index (χ0n) is 13.2. The Bertz CT molecular complexity index is 735. The van der Waals surface area contributed by atoms with E-state index in [0.717, 1.165) is 6.42 Å². The first-order chi connectivity index (χ1) is 11.0. The van der Waals surface area contributed by atoms with Crippen molar-refractivity contribution in [2.24, 2.45) is 0 Å². The molecule has 0 amide bonds. The summed E-state index contributed by atoms with van der Waals surface area (Å²) in [6.45, 7) is 4.18. The maximum absolute atomic E-state index is 13.7. The monoisotopic (exact) mass is 314 g/mol. The van der Waals surface area contributed by atoms with Gasteiger partial charge < -0.3 is 9.84 Å². The number of ether oxygens (including phenoxy) is 1. The van der Waals surface area contributed by atoms with E-state index in [9.17, 15) is 14.3 Å². The molecule has 0 radical (unpaired) electrons. The standard InChI is InChI=1S/C19H19FO3/c1-3-10-23-18-7-5-4-6-15(18)11-16(19(21)22)14-9-8-13(2)17(20)12-14/h4-9,11-12H,3,10H2,1-2H3,(H,21,22)/b16-11-. The van der Waals surface area contributed by atoms with E-state index >= 15 is 0 Å². The molecule has 2 aromatic carbocycles. The van der Waals surface area contributed by atoms with Gasteiger partial charge in [-0.3, -0.25) is 0 Å². The molecule has 0 fully saturated rings. The lowest BCUT2D eigenvalue weighted by atomic mass is 10.0. The van der Waals surface area contributed by atoms with E-state index in [2.05, 4.69) is 0 Å². The number of aryl methyl sites for hydroxylation is 1. The minimum Gasteiger partial charge on any atom is -0.493 e. The van der Waals surface area contributed by atoms with Gasteiger partial charge in [-0.1, -0.05) is 37.3 Å². The molecule has 120 valence electrons. The van der Waals surface area contributed by atoms with Crippen LogP contribution in [0.15, 0.2) is 42.5 Å². The van der Waals surface area contributed by atoms with Crippen molar-refractivity contribution in [3.8, 4) is 5.75 Å². The van der Waals surface area contributed by atoms with Crippen molar-refractivity contribution >= 4 is 17.6 Å². The number of aliphatic carboxylic acids is 1. The largest absolute Gasteiger partial charge is 0.493 e. The molecule has 0 aliphatic rings. The van der Waals surface area contributed by atoms with E-state index < -0.39 is 11.8 Å². The summed E-state index contributed by atoms with van der Waals surface area (Å²) in [6.07, 6.45) is 2.37. The van der Waals surface area contributed by atoms with Crippen molar-refractivity contribution in [2.75, 3.05) is 6.61 Å². The third kappa shape index (κ3) is 4.19. The van der Waals surface area contributed by atoms with E-state index in [4.69, 9.17) is 4.74 Å². The van der Waals surface area contributed by atoms with Gasteiger partial charge in [0.1, 0.15) is 11.6 Å². The molecule has 0 aliphatic heterocycles. The van der Waals surface area contributed by atoms with Crippen LogP contribution >= 0.6 is 0 Å². The molecule has 2 aromatic rings. The Hall–Kier alpha value is -2.62. The summed E-state index contributed by atoms with van der Waals surface area (Å²) < 4.78 is 19.4. The molecule has 0 saturated carbocycles. The van der Waals surface area contributed by atoms with Gasteiger partial charge in [0, 0.05) is 5.56 Å². The number of hydrogen-bond donors (Lipinski definition) is 1. The smallest absolute Gasteiger partial charge is 0.336 e. The van der Waals surface area contributed by atoms with Crippen molar-refractivity contribution in [3.05, 3.63) is 65.0 Å². The Kier molecular flexibility index (Phi) is 5.52. The summed E-state index contributed by atoms with van der Waals surface area (Å²) in [5, 5.41) is 9.48. The molecule has 23 heavy (non-hydrogen) atoms. The fourth-order valence-electron chi connectivity index (χ4n) is 2.13. The van der Waals surface area contributed by atoms with E-state index in [1.54, 1.807) is 37.3 Å². The molecule has 0 unspecified atom stereocenters. The predicted molar refractivity (Wildman–Crippen MR) is 88.9 cm³/mol. The van der Waals surface area contributed by atoms with Crippen LogP contribution in [-0.4, -0.2) is 17.7 Å². The van der Waals surface area contributed by atoms with Gasteiger partial charge in [-0.25, -0.2) is 9.18 Å². The van der Waals surface area contributed by atoms with Gasteiger partial charge in [0.15, 0.2) is 0 Å². The van der Waals surface area contributed by atoms with Crippen molar-refractivity contribution in [1.29, 1.82) is 0 Å². The fraction of sp³-hybridized carbons (Fsp3) is 0.211. The van der Waals surface area contributed by atoms with Crippen molar-refractivity contribution in [3.63, 3.8) is 0 Å². The minimum absolute atomic E-state index is 0.0245. The van der Waals surface area contributed by atoms with Gasteiger partial charge in [-0.2, -0.15) is 0 Å². The van der Waals surface area contributed by atoms with E-state index in [1.807, 2.05) is 13.0 Å². The Balaban J connectivity index is 2.47. The molecule has 1 N–H and O–H groups in total. The molecule has 4 heteroatoms. The number of para-hydroxylation sites is 1. The number of rotatable bonds is 6. The summed E-state index contributed by atoms with van der Waals surface area (Å²) in [7, 11) is 0. The Labute approximate surface area is 135 Å². The van der Waals surface area contributed by atoms with Gasteiger partial charge in [0.2, 0.25) is 0 Å². The molecule has 0 spiro atoms. The maximum Gasteiger partial charge on any atom is 0.336 e. The highest BCUT2D eigenvalue weighted by molar-refractivity contribution is 6.20. The van der Waals surface area contributed by atoms with Crippen LogP contribution < -0.4 is 4.74 Å². The zero-order chi connectivity index (χ0) is 16.8. The fourth-order valence-corrected chi connectivity index (χ4v) is 2.13. The van der Waals surface area contributed by atoms with Crippen LogP contribution in [0.5, 0.6) is 5.75 Å². The molecule has 0 atom stereocenters. The van der Waals surface area contributed by atoms with Gasteiger partial charge in [-0.15, -0.1) is 0 Å². The van der Waals surface area contributed by atoms with Crippen LogP contribution in [0.3, 0.4) is 0 Å². The number of carboxylic acids is 1. The third-order valence-corrected chi connectivity index (χ3v) is 3.39. The lowest BCUT2D eigenvalue weighted by Gasteiger charge is -2.10. The maximum atomic E-state index is 13.7. The first kappa shape index (κ1) is 16.7. The minimum atomic E-state index is -1.11. The molecule has 0 saturated heterocycles. The van der Waals surface area contributed by atoms with Crippen LogP contribution in [0.4, 0.5) is 4.39 Å². The highest BCUT2D eigenvalue weighted by Crippen LogP contribution is 2.26. The Morgan fingerprint density at radius 3 is 2.65 bits per heavy atom. The second-order valence-electron chi connectivity index (χ2n) is 5.21. The Morgan fingerprint density at radius 2 is 2.00 bits per heavy atom. The van der Waals surface area contributed by atoms with Gasteiger partial charge >= 0.3 is 5.97 Å². The highest BCUT2D eigenvalue weighted by Gasteiger charge is 2.13. The van der Waals surface area contributed by atoms with Crippen LogP contribution in [0.25, 0.3) is 11.6 Å². The van der Waals surface area contributed by atoms with Crippen LogP contribution in [-0.2, 0) is 4.79 Å². The molecular weight excluding hydrogens is 295 g/mol. The molecule has 3 nitrogen and oxygen atoms in total. The third-order valence-electron chi connectivity index (χ3n) is 3.39. The lowest BCUT2D eigenvalue weighted by molar-refractivity contribution is -0.130. The highest BCUT2D eigenvalue weighted by atomic mass is 19.1. The summed E-state index contributed by atoms with van der Waals surface area (Å²) in [5.41, 5.74) is 1.48. The number of carboxylic acid groups (broad SMARTS) is 1. The summed E-state index contributed by atoms with van der Waals surface area (Å²) in [5.74, 6) is -0.926. The SMILES string of the molecule is CCCOc1ccccc1/C=C(\C(=O)O)c1ccc(C)c(F)c1. The van der Waals surface area contributed by atoms with Crippen LogP contribution in [0.1, 0.15) is 30.0 Å². The van der Waals surface area contributed by atoms with Crippen molar-refractivity contribution in [2.45, 2.75) is 20.3 Å². The van der Waals surface area contributed by atoms with Crippen molar-refractivity contribution in [1.82, 2.24) is 0 Å². The molecule has 0 aliphatic carbocycles. The molecule has 2 rings (SSSR count). The quantitative estimate of drug-likeness (QED) is 0.628. The van der Waals surface area contributed by atoms with Gasteiger partial charge in [0.05, 0.1) is 12.2 Å². The second kappa shape index (κ2) is 7.58. The second-order valence-corrected chi connectivity index (χ2v) is 5.21. The van der Waals surface area contributed by atoms with E-state index in [-0.39, 0.29) is 5.57 Å². The number of benzene rings is 2. The summed E-state index contributed by atoms with van der Waals surface area (Å²) in [6, 6.07) is 11.6. The molecule has 0 aromatic heterocycles. The summed E-state index contributed by atoms with van der Waals surface area (Å²) in [4.78, 5) is 11.6. The number of carbonyl (C=O) groups is 1. The normalized spacial score (nSPS) is 11.3.